The number of hydrogen-bond donors (Lipinski definition) is 2. The molecule has 2 atom stereocenters. The third-order valence-electron chi connectivity index (χ3n) is 4.02. The number of amides is 1. The molecule has 0 radical (unpaired) electrons. The minimum absolute atomic E-state index is 0.0622. The number of benzene rings is 1. The van der Waals surface area contributed by atoms with E-state index in [0.29, 0.717) is 18.9 Å². The van der Waals surface area contributed by atoms with Gasteiger partial charge in [0.1, 0.15) is 0 Å². The van der Waals surface area contributed by atoms with Crippen LogP contribution in [-0.2, 0) is 17.6 Å². The fraction of sp³-hybridized carbons (Fsp3) is 0.438. The number of nitrogens with zero attached hydrogens (tertiary/aromatic N) is 2. The van der Waals surface area contributed by atoms with Crippen LogP contribution in [0.25, 0.3) is 0 Å². The molecular formula is C16H20N4O2. The first-order chi connectivity index (χ1) is 10.7. The summed E-state index contributed by atoms with van der Waals surface area (Å²) in [5.74, 6) is 0.838. The van der Waals surface area contributed by atoms with Crippen molar-refractivity contribution in [2.24, 2.45) is 11.7 Å². The van der Waals surface area contributed by atoms with Crippen LogP contribution in [0, 0.1) is 5.92 Å². The normalized spacial score (nSPS) is 21.1. The number of primary amides is 1. The summed E-state index contributed by atoms with van der Waals surface area (Å²) in [5.41, 5.74) is 6.63. The maximum atomic E-state index is 11.2. The number of nitrogens with two attached hydrogens (primary N) is 1. The molecule has 6 nitrogen and oxygen atoms in total. The molecule has 3 rings (SSSR count). The summed E-state index contributed by atoms with van der Waals surface area (Å²) >= 11 is 0. The predicted octanol–water partition coefficient (Wildman–Crippen LogP) is 1.38. The summed E-state index contributed by atoms with van der Waals surface area (Å²) < 4.78 is 5.30. The number of hydrogen-bond acceptors (Lipinski definition) is 5. The van der Waals surface area contributed by atoms with Gasteiger partial charge in [-0.15, -0.1) is 0 Å². The standard InChI is InChI=1S/C16H20N4O2/c17-15(21)12-9-13(18-10-12)16-19-14(20-22-16)8-4-7-11-5-2-1-3-6-11/h1-3,5-6,12-13,18H,4,7-10H2,(H2,17,21). The second-order valence-corrected chi connectivity index (χ2v) is 5.68. The summed E-state index contributed by atoms with van der Waals surface area (Å²) in [6.45, 7) is 0.575. The predicted molar refractivity (Wildman–Crippen MR) is 80.8 cm³/mol. The first-order valence-corrected chi connectivity index (χ1v) is 7.61. The van der Waals surface area contributed by atoms with Crippen LogP contribution < -0.4 is 11.1 Å². The Morgan fingerprint density at radius 2 is 2.14 bits per heavy atom. The van der Waals surface area contributed by atoms with Gasteiger partial charge in [-0.2, -0.15) is 4.98 Å². The Balaban J connectivity index is 1.50. The summed E-state index contributed by atoms with van der Waals surface area (Å²) in [6, 6.07) is 10.3. The zero-order valence-corrected chi connectivity index (χ0v) is 12.4. The van der Waals surface area contributed by atoms with Crippen molar-refractivity contribution in [2.75, 3.05) is 6.54 Å². The quantitative estimate of drug-likeness (QED) is 0.840. The Labute approximate surface area is 129 Å². The second-order valence-electron chi connectivity index (χ2n) is 5.68. The van der Waals surface area contributed by atoms with E-state index >= 15 is 0 Å². The van der Waals surface area contributed by atoms with Crippen molar-refractivity contribution in [1.29, 1.82) is 0 Å². The molecule has 22 heavy (non-hydrogen) atoms. The van der Waals surface area contributed by atoms with Crippen molar-refractivity contribution >= 4 is 5.91 Å². The SMILES string of the molecule is NC(=O)C1CNC(c2nc(CCCc3ccccc3)no2)C1. The molecule has 1 aromatic carbocycles. The lowest BCUT2D eigenvalue weighted by molar-refractivity contribution is -0.121. The van der Waals surface area contributed by atoms with E-state index in [1.807, 2.05) is 18.2 Å². The molecule has 0 spiro atoms. The van der Waals surface area contributed by atoms with Crippen LogP contribution in [0.3, 0.4) is 0 Å². The molecule has 2 unspecified atom stereocenters. The topological polar surface area (TPSA) is 94.0 Å². The van der Waals surface area contributed by atoms with Gasteiger partial charge in [0.25, 0.3) is 0 Å². The first kappa shape index (κ1) is 14.7. The van der Waals surface area contributed by atoms with E-state index in [1.165, 1.54) is 5.56 Å². The molecule has 0 aliphatic carbocycles. The molecule has 6 heteroatoms. The van der Waals surface area contributed by atoms with E-state index in [0.717, 1.165) is 25.1 Å². The molecule has 0 saturated carbocycles. The van der Waals surface area contributed by atoms with Crippen molar-refractivity contribution in [3.05, 3.63) is 47.6 Å². The van der Waals surface area contributed by atoms with Crippen molar-refractivity contribution in [1.82, 2.24) is 15.5 Å². The molecule has 1 amide bonds. The van der Waals surface area contributed by atoms with Crippen LogP contribution in [0.15, 0.2) is 34.9 Å². The molecule has 0 bridgehead atoms. The van der Waals surface area contributed by atoms with Crippen LogP contribution >= 0.6 is 0 Å². The fourth-order valence-electron chi connectivity index (χ4n) is 2.75. The molecule has 1 aliphatic rings. The second kappa shape index (κ2) is 6.70. The Morgan fingerprint density at radius 3 is 2.86 bits per heavy atom. The summed E-state index contributed by atoms with van der Waals surface area (Å²) in [4.78, 5) is 15.6. The largest absolute Gasteiger partial charge is 0.369 e. The maximum absolute atomic E-state index is 11.2. The van der Waals surface area contributed by atoms with Crippen LogP contribution in [0.4, 0.5) is 0 Å². The molecule has 116 valence electrons. The number of rotatable bonds is 6. The fourth-order valence-corrected chi connectivity index (χ4v) is 2.75. The maximum Gasteiger partial charge on any atom is 0.243 e. The van der Waals surface area contributed by atoms with Gasteiger partial charge in [0.05, 0.1) is 12.0 Å². The smallest absolute Gasteiger partial charge is 0.243 e. The van der Waals surface area contributed by atoms with Gasteiger partial charge < -0.3 is 15.6 Å². The Bertz CT molecular complexity index is 626. The van der Waals surface area contributed by atoms with E-state index in [4.69, 9.17) is 10.3 Å². The Hall–Kier alpha value is -2.21. The van der Waals surface area contributed by atoms with E-state index < -0.39 is 0 Å². The van der Waals surface area contributed by atoms with Crippen LogP contribution in [0.2, 0.25) is 0 Å². The molecule has 1 aliphatic heterocycles. The van der Waals surface area contributed by atoms with Crippen LogP contribution in [-0.4, -0.2) is 22.6 Å². The lowest BCUT2D eigenvalue weighted by atomic mass is 10.1. The van der Waals surface area contributed by atoms with Gasteiger partial charge >= 0.3 is 0 Å². The number of carbonyl (C=O) groups is 1. The van der Waals surface area contributed by atoms with Crippen molar-refractivity contribution in [3.63, 3.8) is 0 Å². The van der Waals surface area contributed by atoms with Gasteiger partial charge in [-0.25, -0.2) is 0 Å². The summed E-state index contributed by atoms with van der Waals surface area (Å²) in [6.07, 6.45) is 3.38. The molecule has 2 heterocycles. The highest BCUT2D eigenvalue weighted by Gasteiger charge is 2.32. The molecule has 1 saturated heterocycles. The lowest BCUT2D eigenvalue weighted by Gasteiger charge is -2.02. The van der Waals surface area contributed by atoms with E-state index in [9.17, 15) is 4.79 Å². The molecule has 3 N–H and O–H groups in total. The van der Waals surface area contributed by atoms with Gasteiger partial charge in [0.15, 0.2) is 5.82 Å². The van der Waals surface area contributed by atoms with E-state index in [-0.39, 0.29) is 17.9 Å². The molecular weight excluding hydrogens is 280 g/mol. The van der Waals surface area contributed by atoms with Gasteiger partial charge in [-0.1, -0.05) is 35.5 Å². The van der Waals surface area contributed by atoms with Gasteiger partial charge in [0, 0.05) is 13.0 Å². The van der Waals surface area contributed by atoms with Gasteiger partial charge in [0.2, 0.25) is 11.8 Å². The van der Waals surface area contributed by atoms with Crippen molar-refractivity contribution in [2.45, 2.75) is 31.7 Å². The third kappa shape index (κ3) is 3.51. The minimum atomic E-state index is -0.280. The Kier molecular flexibility index (Phi) is 4.48. The highest BCUT2D eigenvalue weighted by Crippen LogP contribution is 2.25. The molecule has 1 aromatic heterocycles. The number of aromatic nitrogens is 2. The molecule has 2 aromatic rings. The first-order valence-electron chi connectivity index (χ1n) is 7.61. The highest BCUT2D eigenvalue weighted by molar-refractivity contribution is 5.77. The molecule has 1 fully saturated rings. The zero-order valence-electron chi connectivity index (χ0n) is 12.4. The number of aryl methyl sites for hydroxylation is 2. The average Bonchev–Trinajstić information content (AvgIpc) is 3.17. The Morgan fingerprint density at radius 1 is 1.32 bits per heavy atom. The number of nitrogens with one attached hydrogen (secondary N) is 1. The minimum Gasteiger partial charge on any atom is -0.369 e. The third-order valence-corrected chi connectivity index (χ3v) is 4.02. The lowest BCUT2D eigenvalue weighted by Crippen LogP contribution is -2.24. The van der Waals surface area contributed by atoms with Crippen molar-refractivity contribution in [3.8, 4) is 0 Å². The summed E-state index contributed by atoms with van der Waals surface area (Å²) in [7, 11) is 0. The van der Waals surface area contributed by atoms with E-state index in [2.05, 4.69) is 27.6 Å². The average molecular weight is 300 g/mol. The number of carbonyl (C=O) groups excluding carboxylic acids is 1. The van der Waals surface area contributed by atoms with E-state index in [1.54, 1.807) is 0 Å². The zero-order chi connectivity index (χ0) is 15.4. The van der Waals surface area contributed by atoms with Gasteiger partial charge in [-0.3, -0.25) is 4.79 Å². The summed E-state index contributed by atoms with van der Waals surface area (Å²) in [5, 5.41) is 7.22. The highest BCUT2D eigenvalue weighted by atomic mass is 16.5. The van der Waals surface area contributed by atoms with Crippen LogP contribution in [0.1, 0.15) is 36.2 Å². The van der Waals surface area contributed by atoms with Crippen molar-refractivity contribution < 1.29 is 9.32 Å². The monoisotopic (exact) mass is 300 g/mol. The van der Waals surface area contributed by atoms with Crippen LogP contribution in [0.5, 0.6) is 0 Å². The van der Waals surface area contributed by atoms with Gasteiger partial charge in [-0.05, 0) is 24.8 Å².